The molecule has 2 heterocycles. The average Bonchev–Trinajstić information content (AvgIpc) is 3.04. The quantitative estimate of drug-likeness (QED) is 0.640. The Bertz CT molecular complexity index is 844. The van der Waals surface area contributed by atoms with Crippen LogP contribution in [0, 0.1) is 11.3 Å². The maximum atomic E-state index is 10.9. The van der Waals surface area contributed by atoms with Crippen molar-refractivity contribution < 1.29 is 13.9 Å². The Morgan fingerprint density at radius 1 is 1.14 bits per heavy atom. The van der Waals surface area contributed by atoms with Crippen molar-refractivity contribution in [2.24, 2.45) is 0 Å². The second-order valence-corrected chi connectivity index (χ2v) is 7.75. The first-order chi connectivity index (χ1) is 14.0. The van der Waals surface area contributed by atoms with Gasteiger partial charge in [0.05, 0.1) is 18.5 Å². The van der Waals surface area contributed by atoms with Gasteiger partial charge in [-0.05, 0) is 49.3 Å². The van der Waals surface area contributed by atoms with Gasteiger partial charge in [-0.1, -0.05) is 23.7 Å². The van der Waals surface area contributed by atoms with Crippen molar-refractivity contribution in [1.29, 1.82) is 5.26 Å². The van der Waals surface area contributed by atoms with E-state index in [9.17, 15) is 10.1 Å². The van der Waals surface area contributed by atoms with Crippen molar-refractivity contribution in [3.8, 4) is 6.07 Å². The van der Waals surface area contributed by atoms with Gasteiger partial charge < -0.3 is 14.1 Å². The Labute approximate surface area is 176 Å². The van der Waals surface area contributed by atoms with E-state index < -0.39 is 0 Å². The molecule has 1 saturated heterocycles. The highest BCUT2D eigenvalue weighted by Gasteiger charge is 2.20. The summed E-state index contributed by atoms with van der Waals surface area (Å²) in [6, 6.07) is 13.8. The van der Waals surface area contributed by atoms with Gasteiger partial charge in [0.2, 0.25) is 0 Å². The van der Waals surface area contributed by atoms with Crippen LogP contribution in [0.2, 0.25) is 5.02 Å². The molecule has 1 aromatic heterocycles. The van der Waals surface area contributed by atoms with Gasteiger partial charge in [0.25, 0.3) is 0 Å². The standard InChI is InChI=1S/C22H26ClN3O3/c1-17(27)28-16-22-8-7-21(29-22)15-26-10-2-9-25(11-12-26)14-19(13-24)18-3-5-20(23)6-4-18/h3-8,19H,2,9-12,14-16H2,1H3. The topological polar surface area (TPSA) is 69.7 Å². The number of nitriles is 1. The monoisotopic (exact) mass is 415 g/mol. The molecule has 1 fully saturated rings. The number of ether oxygens (including phenoxy) is 1. The number of benzene rings is 1. The highest BCUT2D eigenvalue weighted by Crippen LogP contribution is 2.20. The maximum Gasteiger partial charge on any atom is 0.303 e. The number of furan rings is 1. The zero-order chi connectivity index (χ0) is 20.6. The van der Waals surface area contributed by atoms with E-state index >= 15 is 0 Å². The zero-order valence-electron chi connectivity index (χ0n) is 16.6. The van der Waals surface area contributed by atoms with Gasteiger partial charge >= 0.3 is 5.97 Å². The summed E-state index contributed by atoms with van der Waals surface area (Å²) in [5, 5.41) is 10.3. The number of esters is 1. The molecule has 154 valence electrons. The lowest BCUT2D eigenvalue weighted by atomic mass is 10.00. The molecule has 0 radical (unpaired) electrons. The third-order valence-corrected chi connectivity index (χ3v) is 5.32. The van der Waals surface area contributed by atoms with Crippen molar-refractivity contribution in [2.75, 3.05) is 32.7 Å². The molecule has 1 aliphatic rings. The van der Waals surface area contributed by atoms with E-state index in [0.29, 0.717) is 10.8 Å². The van der Waals surface area contributed by atoms with Gasteiger partial charge in [-0.2, -0.15) is 5.26 Å². The van der Waals surface area contributed by atoms with E-state index in [-0.39, 0.29) is 18.5 Å². The number of carbonyl (C=O) groups is 1. The van der Waals surface area contributed by atoms with Crippen LogP contribution in [-0.2, 0) is 22.7 Å². The molecule has 6 nitrogen and oxygen atoms in total. The lowest BCUT2D eigenvalue weighted by Crippen LogP contribution is -2.33. The summed E-state index contributed by atoms with van der Waals surface area (Å²) in [6.07, 6.45) is 1.04. The van der Waals surface area contributed by atoms with Crippen molar-refractivity contribution in [2.45, 2.75) is 32.4 Å². The molecule has 7 heteroatoms. The van der Waals surface area contributed by atoms with Gasteiger partial charge in [0.15, 0.2) is 0 Å². The summed E-state index contributed by atoms with van der Waals surface area (Å²) in [4.78, 5) is 15.6. The minimum Gasteiger partial charge on any atom is -0.461 e. The Morgan fingerprint density at radius 3 is 2.55 bits per heavy atom. The van der Waals surface area contributed by atoms with Gasteiger partial charge in [-0.25, -0.2) is 0 Å². The third kappa shape index (κ3) is 6.60. The number of rotatable bonds is 7. The van der Waals surface area contributed by atoms with Crippen LogP contribution in [-0.4, -0.2) is 48.5 Å². The van der Waals surface area contributed by atoms with Crippen LogP contribution in [0.4, 0.5) is 0 Å². The summed E-state index contributed by atoms with van der Waals surface area (Å²) in [7, 11) is 0. The summed E-state index contributed by atoms with van der Waals surface area (Å²) < 4.78 is 10.7. The molecule has 0 N–H and O–H groups in total. The van der Waals surface area contributed by atoms with E-state index in [4.69, 9.17) is 20.8 Å². The Hall–Kier alpha value is -2.33. The fraction of sp³-hybridized carbons (Fsp3) is 0.455. The van der Waals surface area contributed by atoms with E-state index in [1.165, 1.54) is 6.92 Å². The molecule has 0 bridgehead atoms. The number of hydrogen-bond acceptors (Lipinski definition) is 6. The second-order valence-electron chi connectivity index (χ2n) is 7.31. The van der Waals surface area contributed by atoms with Gasteiger partial charge in [-0.15, -0.1) is 0 Å². The summed E-state index contributed by atoms with van der Waals surface area (Å²) in [6.45, 7) is 6.78. The first kappa shape index (κ1) is 21.4. The molecular formula is C22H26ClN3O3. The Kier molecular flexibility index (Phi) is 7.70. The van der Waals surface area contributed by atoms with Crippen molar-refractivity contribution in [1.82, 2.24) is 9.80 Å². The van der Waals surface area contributed by atoms with Crippen molar-refractivity contribution in [3.05, 3.63) is 58.5 Å². The Balaban J connectivity index is 1.50. The number of nitrogens with zero attached hydrogens (tertiary/aromatic N) is 3. The molecule has 29 heavy (non-hydrogen) atoms. The van der Waals surface area contributed by atoms with Crippen LogP contribution in [0.3, 0.4) is 0 Å². The first-order valence-corrected chi connectivity index (χ1v) is 10.2. The lowest BCUT2D eigenvalue weighted by Gasteiger charge is -2.23. The molecule has 2 aromatic rings. The second kappa shape index (κ2) is 10.4. The van der Waals surface area contributed by atoms with Gasteiger partial charge in [-0.3, -0.25) is 9.69 Å². The fourth-order valence-electron chi connectivity index (χ4n) is 3.52. The van der Waals surface area contributed by atoms with Crippen molar-refractivity contribution in [3.63, 3.8) is 0 Å². The summed E-state index contributed by atoms with van der Waals surface area (Å²) in [5.41, 5.74) is 1.01. The summed E-state index contributed by atoms with van der Waals surface area (Å²) >= 11 is 5.96. The summed E-state index contributed by atoms with van der Waals surface area (Å²) in [5.74, 6) is 1.06. The van der Waals surface area contributed by atoms with Crippen LogP contribution in [0.25, 0.3) is 0 Å². The smallest absolute Gasteiger partial charge is 0.303 e. The molecule has 0 aliphatic carbocycles. The SMILES string of the molecule is CC(=O)OCc1ccc(CN2CCCN(CC(C#N)c3ccc(Cl)cc3)CC2)o1. The van der Waals surface area contributed by atoms with Crippen molar-refractivity contribution >= 4 is 17.6 Å². The van der Waals surface area contributed by atoms with Crippen LogP contribution in [0.15, 0.2) is 40.8 Å². The molecule has 0 amide bonds. The normalized spacial score (nSPS) is 16.7. The molecule has 1 aliphatic heterocycles. The van der Waals surface area contributed by atoms with E-state index in [1.807, 2.05) is 36.4 Å². The highest BCUT2D eigenvalue weighted by molar-refractivity contribution is 6.30. The Morgan fingerprint density at radius 2 is 1.83 bits per heavy atom. The predicted octanol–water partition coefficient (Wildman–Crippen LogP) is 3.81. The van der Waals surface area contributed by atoms with E-state index in [2.05, 4.69) is 15.9 Å². The number of hydrogen-bond donors (Lipinski definition) is 0. The minimum absolute atomic E-state index is 0.160. The zero-order valence-corrected chi connectivity index (χ0v) is 17.4. The average molecular weight is 416 g/mol. The molecule has 1 atom stereocenters. The molecular weight excluding hydrogens is 390 g/mol. The van der Waals surface area contributed by atoms with Gasteiger partial charge in [0, 0.05) is 31.6 Å². The van der Waals surface area contributed by atoms with E-state index in [1.54, 1.807) is 0 Å². The fourth-order valence-corrected chi connectivity index (χ4v) is 3.64. The molecule has 0 spiro atoms. The van der Waals surface area contributed by atoms with Crippen LogP contribution in [0.1, 0.15) is 36.3 Å². The molecule has 1 unspecified atom stereocenters. The molecule has 3 rings (SSSR count). The largest absolute Gasteiger partial charge is 0.461 e. The first-order valence-electron chi connectivity index (χ1n) is 9.84. The molecule has 0 saturated carbocycles. The maximum absolute atomic E-state index is 10.9. The number of carbonyl (C=O) groups excluding carboxylic acids is 1. The number of halogens is 1. The van der Waals surface area contributed by atoms with Crippen LogP contribution < -0.4 is 0 Å². The van der Waals surface area contributed by atoms with E-state index in [0.717, 1.165) is 57.0 Å². The highest BCUT2D eigenvalue weighted by atomic mass is 35.5. The predicted molar refractivity (Wildman–Crippen MR) is 110 cm³/mol. The molecule has 1 aromatic carbocycles. The minimum atomic E-state index is -0.315. The van der Waals surface area contributed by atoms with Crippen LogP contribution in [0.5, 0.6) is 0 Å². The lowest BCUT2D eigenvalue weighted by molar-refractivity contribution is -0.142. The third-order valence-electron chi connectivity index (χ3n) is 5.06. The van der Waals surface area contributed by atoms with Gasteiger partial charge in [0.1, 0.15) is 18.1 Å². The van der Waals surface area contributed by atoms with Crippen LogP contribution >= 0.6 is 11.6 Å².